The van der Waals surface area contributed by atoms with Gasteiger partial charge in [0.05, 0.1) is 18.8 Å². The van der Waals surface area contributed by atoms with Crippen molar-refractivity contribution in [3.8, 4) is 0 Å². The number of hydrogen-bond donors (Lipinski definition) is 5. The summed E-state index contributed by atoms with van der Waals surface area (Å²) in [5.41, 5.74) is 0. The van der Waals surface area contributed by atoms with Crippen LogP contribution < -0.4 is 5.32 Å². The fraction of sp³-hybridized carbons (Fsp3) is 0.984. The standard InChI is InChI=1S/C62H125NO5/c1-3-5-7-9-11-13-15-17-19-21-23-25-27-28-29-30-31-32-34-35-37-39-41-43-45-47-49-51-53-55-59(65)61(67)58(57-64)63-62(68)60(66)56-54-52-50-48-46-44-42-40-38-36-33-26-24-22-20-18-16-14-12-10-8-6-4-2/h58-61,64-67H,3-57H2,1-2H3,(H,63,68). The van der Waals surface area contributed by atoms with E-state index in [4.69, 9.17) is 0 Å². The quantitative estimate of drug-likeness (QED) is 0.0390. The van der Waals surface area contributed by atoms with Gasteiger partial charge < -0.3 is 25.7 Å². The van der Waals surface area contributed by atoms with Gasteiger partial charge in [-0.3, -0.25) is 4.79 Å². The molecule has 0 aromatic rings. The van der Waals surface area contributed by atoms with Gasteiger partial charge in [-0.1, -0.05) is 348 Å². The third-order valence-corrected chi connectivity index (χ3v) is 15.3. The van der Waals surface area contributed by atoms with E-state index < -0.39 is 36.9 Å². The van der Waals surface area contributed by atoms with Crippen molar-refractivity contribution in [3.05, 3.63) is 0 Å². The summed E-state index contributed by atoms with van der Waals surface area (Å²) >= 11 is 0. The Labute approximate surface area is 426 Å². The minimum Gasteiger partial charge on any atom is -0.394 e. The summed E-state index contributed by atoms with van der Waals surface area (Å²) in [6.07, 6.45) is 67.7. The summed E-state index contributed by atoms with van der Waals surface area (Å²) in [6.45, 7) is 4.11. The number of amides is 1. The van der Waals surface area contributed by atoms with Crippen LogP contribution in [-0.4, -0.2) is 57.3 Å². The SMILES string of the molecule is CCCCCCCCCCCCCCCCCCCCCCCCCCCCCCCC(O)C(O)C(CO)NC(=O)C(O)CCCCCCCCCCCCCCCCCCCCCCCCC. The van der Waals surface area contributed by atoms with E-state index in [0.717, 1.165) is 38.5 Å². The summed E-state index contributed by atoms with van der Waals surface area (Å²) in [5.74, 6) is -0.574. The smallest absolute Gasteiger partial charge is 0.249 e. The molecule has 0 spiro atoms. The van der Waals surface area contributed by atoms with Gasteiger partial charge in [-0.25, -0.2) is 0 Å². The molecule has 1 amide bonds. The van der Waals surface area contributed by atoms with Crippen molar-refractivity contribution in [2.24, 2.45) is 0 Å². The molecule has 4 unspecified atom stereocenters. The number of unbranched alkanes of at least 4 members (excludes halogenated alkanes) is 50. The van der Waals surface area contributed by atoms with Crippen molar-refractivity contribution < 1.29 is 25.2 Å². The zero-order valence-electron chi connectivity index (χ0n) is 46.4. The highest BCUT2D eigenvalue weighted by molar-refractivity contribution is 5.80. The monoisotopic (exact) mass is 964 g/mol. The Kier molecular flexibility index (Phi) is 56.6. The molecule has 6 nitrogen and oxygen atoms in total. The third-order valence-electron chi connectivity index (χ3n) is 15.3. The predicted molar refractivity (Wildman–Crippen MR) is 298 cm³/mol. The molecule has 0 aromatic heterocycles. The zero-order chi connectivity index (χ0) is 49.5. The highest BCUT2D eigenvalue weighted by Crippen LogP contribution is 2.19. The molecule has 0 saturated heterocycles. The second-order valence-corrected chi connectivity index (χ2v) is 22.1. The van der Waals surface area contributed by atoms with E-state index >= 15 is 0 Å². The third kappa shape index (κ3) is 50.3. The first-order chi connectivity index (χ1) is 33.5. The lowest BCUT2D eigenvalue weighted by molar-refractivity contribution is -0.132. The molecule has 0 aliphatic heterocycles. The molecule has 0 radical (unpaired) electrons. The molecular weight excluding hydrogens is 839 g/mol. The minimum absolute atomic E-state index is 0.376. The summed E-state index contributed by atoms with van der Waals surface area (Å²) < 4.78 is 0. The highest BCUT2D eigenvalue weighted by atomic mass is 16.3. The van der Waals surface area contributed by atoms with E-state index in [1.165, 1.54) is 295 Å². The maximum absolute atomic E-state index is 12.6. The number of carbonyl (C=O) groups excluding carboxylic acids is 1. The molecule has 0 aliphatic rings. The Morgan fingerprint density at radius 3 is 0.706 bits per heavy atom. The van der Waals surface area contributed by atoms with Gasteiger partial charge in [0.2, 0.25) is 5.91 Å². The molecule has 0 fully saturated rings. The number of rotatable bonds is 59. The van der Waals surface area contributed by atoms with Crippen LogP contribution >= 0.6 is 0 Å². The number of hydrogen-bond acceptors (Lipinski definition) is 5. The normalized spacial score (nSPS) is 13.6. The van der Waals surface area contributed by atoms with Crippen LogP contribution in [0.1, 0.15) is 361 Å². The molecule has 408 valence electrons. The molecule has 0 bridgehead atoms. The molecule has 0 aromatic carbocycles. The number of carbonyl (C=O) groups is 1. The topological polar surface area (TPSA) is 110 Å². The van der Waals surface area contributed by atoms with E-state index in [1.54, 1.807) is 0 Å². The fourth-order valence-electron chi connectivity index (χ4n) is 10.4. The molecule has 6 heteroatoms. The van der Waals surface area contributed by atoms with Crippen LogP contribution in [-0.2, 0) is 4.79 Å². The van der Waals surface area contributed by atoms with Crippen LogP contribution in [0.5, 0.6) is 0 Å². The van der Waals surface area contributed by atoms with Crippen LogP contribution in [0, 0.1) is 0 Å². The van der Waals surface area contributed by atoms with Crippen LogP contribution in [0.2, 0.25) is 0 Å². The van der Waals surface area contributed by atoms with Crippen LogP contribution in [0.15, 0.2) is 0 Å². The van der Waals surface area contributed by atoms with Crippen molar-refractivity contribution >= 4 is 5.91 Å². The van der Waals surface area contributed by atoms with Gasteiger partial charge in [0.1, 0.15) is 12.2 Å². The lowest BCUT2D eigenvalue weighted by Gasteiger charge is -2.27. The minimum atomic E-state index is -1.26. The average Bonchev–Trinajstić information content (AvgIpc) is 3.34. The Balaban J connectivity index is 3.54. The van der Waals surface area contributed by atoms with Crippen LogP contribution in [0.4, 0.5) is 0 Å². The Hall–Kier alpha value is -0.690. The average molecular weight is 965 g/mol. The second kappa shape index (κ2) is 57.2. The van der Waals surface area contributed by atoms with Crippen molar-refractivity contribution in [3.63, 3.8) is 0 Å². The number of nitrogens with one attached hydrogen (secondary N) is 1. The highest BCUT2D eigenvalue weighted by Gasteiger charge is 2.28. The van der Waals surface area contributed by atoms with E-state index in [-0.39, 0.29) is 0 Å². The Morgan fingerprint density at radius 1 is 0.309 bits per heavy atom. The van der Waals surface area contributed by atoms with Gasteiger partial charge in [0.15, 0.2) is 0 Å². The first-order valence-electron chi connectivity index (χ1n) is 31.4. The van der Waals surface area contributed by atoms with Gasteiger partial charge in [0, 0.05) is 0 Å². The van der Waals surface area contributed by atoms with Crippen LogP contribution in [0.3, 0.4) is 0 Å². The molecule has 0 heterocycles. The molecule has 4 atom stereocenters. The Morgan fingerprint density at radius 2 is 0.500 bits per heavy atom. The maximum atomic E-state index is 12.6. The van der Waals surface area contributed by atoms with E-state index in [2.05, 4.69) is 19.2 Å². The van der Waals surface area contributed by atoms with E-state index in [0.29, 0.717) is 12.8 Å². The Bertz CT molecular complexity index is 948. The zero-order valence-corrected chi connectivity index (χ0v) is 46.4. The van der Waals surface area contributed by atoms with Crippen molar-refractivity contribution in [1.82, 2.24) is 5.32 Å². The van der Waals surface area contributed by atoms with Gasteiger partial charge in [0.25, 0.3) is 0 Å². The second-order valence-electron chi connectivity index (χ2n) is 22.1. The van der Waals surface area contributed by atoms with Crippen LogP contribution in [0.25, 0.3) is 0 Å². The van der Waals surface area contributed by atoms with E-state index in [1.807, 2.05) is 0 Å². The molecule has 68 heavy (non-hydrogen) atoms. The number of aliphatic hydroxyl groups excluding tert-OH is 4. The summed E-state index contributed by atoms with van der Waals surface area (Å²) in [6, 6.07) is -0.981. The molecular formula is C62H125NO5. The summed E-state index contributed by atoms with van der Waals surface area (Å²) in [5, 5.41) is 44.1. The molecule has 0 aliphatic carbocycles. The summed E-state index contributed by atoms with van der Waals surface area (Å²) in [7, 11) is 0. The van der Waals surface area contributed by atoms with Gasteiger partial charge in [-0.05, 0) is 12.8 Å². The first-order valence-corrected chi connectivity index (χ1v) is 31.4. The van der Waals surface area contributed by atoms with Crippen molar-refractivity contribution in [2.45, 2.75) is 385 Å². The van der Waals surface area contributed by atoms with Gasteiger partial charge in [-0.15, -0.1) is 0 Å². The van der Waals surface area contributed by atoms with Crippen molar-refractivity contribution in [1.29, 1.82) is 0 Å². The lowest BCUT2D eigenvalue weighted by Crippen LogP contribution is -2.53. The molecule has 0 rings (SSSR count). The first kappa shape index (κ1) is 67.3. The number of aliphatic hydroxyl groups is 4. The van der Waals surface area contributed by atoms with Gasteiger partial charge in [-0.2, -0.15) is 0 Å². The van der Waals surface area contributed by atoms with Gasteiger partial charge >= 0.3 is 0 Å². The fourth-order valence-corrected chi connectivity index (χ4v) is 10.4. The lowest BCUT2D eigenvalue weighted by atomic mass is 9.99. The maximum Gasteiger partial charge on any atom is 0.249 e. The molecule has 0 saturated carbocycles. The molecule has 5 N–H and O–H groups in total. The van der Waals surface area contributed by atoms with Crippen molar-refractivity contribution in [2.75, 3.05) is 6.61 Å². The summed E-state index contributed by atoms with van der Waals surface area (Å²) in [4.78, 5) is 12.6. The predicted octanol–water partition coefficient (Wildman–Crippen LogP) is 18.7. The largest absolute Gasteiger partial charge is 0.394 e. The van der Waals surface area contributed by atoms with E-state index in [9.17, 15) is 25.2 Å².